The van der Waals surface area contributed by atoms with E-state index in [0.717, 1.165) is 23.3 Å². The predicted octanol–water partition coefficient (Wildman–Crippen LogP) is 3.19. The fraction of sp³-hybridized carbons (Fsp3) is 0.706. The maximum Gasteiger partial charge on any atom is 0.128 e. The molecule has 0 saturated heterocycles. The monoisotopic (exact) mass is 271 g/mol. The molecule has 1 atom stereocenters. The van der Waals surface area contributed by atoms with E-state index in [4.69, 9.17) is 11.5 Å². The van der Waals surface area contributed by atoms with E-state index in [-0.39, 0.29) is 6.04 Å². The maximum absolute atomic E-state index is 6.78. The van der Waals surface area contributed by atoms with Crippen LogP contribution in [-0.4, -0.2) is 4.98 Å². The second-order valence-corrected chi connectivity index (χ2v) is 7.68. The minimum Gasteiger partial charge on any atom is -0.383 e. The van der Waals surface area contributed by atoms with Crippen LogP contribution >= 0.6 is 0 Å². The molecule has 20 heavy (non-hydrogen) atoms. The van der Waals surface area contributed by atoms with Gasteiger partial charge in [0.05, 0.1) is 0 Å². The second kappa shape index (κ2) is 4.20. The van der Waals surface area contributed by atoms with Gasteiger partial charge in [0, 0.05) is 17.8 Å². The Balaban J connectivity index is 1.73. The quantitative estimate of drug-likeness (QED) is 0.868. The van der Waals surface area contributed by atoms with Gasteiger partial charge >= 0.3 is 0 Å². The van der Waals surface area contributed by atoms with Crippen LogP contribution < -0.4 is 11.5 Å². The summed E-state index contributed by atoms with van der Waals surface area (Å²) in [6, 6.07) is 2.12. The summed E-state index contributed by atoms with van der Waals surface area (Å²) in [6.07, 6.45) is 10.1. The summed E-state index contributed by atoms with van der Waals surface area (Å²) in [5, 5.41) is 0. The number of nitrogens with two attached hydrogens (primary N) is 2. The number of hydrogen-bond acceptors (Lipinski definition) is 3. The van der Waals surface area contributed by atoms with Gasteiger partial charge in [-0.05, 0) is 80.2 Å². The molecule has 4 aliphatic carbocycles. The molecule has 0 aliphatic heterocycles. The summed E-state index contributed by atoms with van der Waals surface area (Å²) >= 11 is 0. The Labute approximate surface area is 121 Å². The Morgan fingerprint density at radius 3 is 2.20 bits per heavy atom. The number of anilines is 1. The molecule has 3 heteroatoms. The molecule has 4 aliphatic rings. The van der Waals surface area contributed by atoms with Crippen molar-refractivity contribution in [2.24, 2.45) is 28.9 Å². The molecule has 5 rings (SSSR count). The van der Waals surface area contributed by atoms with E-state index in [1.165, 1.54) is 44.1 Å². The third-order valence-corrected chi connectivity index (χ3v) is 6.30. The highest BCUT2D eigenvalue weighted by Crippen LogP contribution is 2.63. The molecule has 108 valence electrons. The van der Waals surface area contributed by atoms with Gasteiger partial charge in [-0.15, -0.1) is 0 Å². The number of rotatable bonds is 2. The lowest BCUT2D eigenvalue weighted by molar-refractivity contribution is -0.0678. The van der Waals surface area contributed by atoms with Crippen molar-refractivity contribution < 1.29 is 0 Å². The smallest absolute Gasteiger partial charge is 0.128 e. The molecule has 3 nitrogen and oxygen atoms in total. The van der Waals surface area contributed by atoms with Crippen LogP contribution in [0.15, 0.2) is 12.3 Å². The Kier molecular flexibility index (Phi) is 2.65. The van der Waals surface area contributed by atoms with E-state index in [2.05, 4.69) is 11.9 Å². The topological polar surface area (TPSA) is 64.9 Å². The average molecular weight is 271 g/mol. The van der Waals surface area contributed by atoms with E-state index >= 15 is 0 Å². The Morgan fingerprint density at radius 2 is 1.70 bits per heavy atom. The van der Waals surface area contributed by atoms with E-state index in [1.54, 1.807) is 6.20 Å². The molecule has 1 aromatic heterocycles. The molecule has 1 unspecified atom stereocenters. The molecule has 1 aromatic rings. The molecule has 1 heterocycles. The summed E-state index contributed by atoms with van der Waals surface area (Å²) in [5.41, 5.74) is 15.6. The van der Waals surface area contributed by atoms with Gasteiger partial charge in [0.25, 0.3) is 0 Å². The number of aromatic nitrogens is 1. The van der Waals surface area contributed by atoms with Crippen LogP contribution in [0, 0.1) is 30.1 Å². The standard InChI is InChI=1S/C17H25N3/c1-10-2-3-20-16(19)14(10)15(18)17-7-11-4-12(8-17)6-13(5-11)9-17/h2-3,11-13,15H,4-9,18H2,1H3,(H2,19,20). The number of nitrogen functional groups attached to an aromatic ring is 1. The lowest BCUT2D eigenvalue weighted by Gasteiger charge is -2.59. The number of hydrogen-bond donors (Lipinski definition) is 2. The van der Waals surface area contributed by atoms with Crippen LogP contribution in [-0.2, 0) is 0 Å². The van der Waals surface area contributed by atoms with Crippen molar-refractivity contribution in [1.82, 2.24) is 4.98 Å². The second-order valence-electron chi connectivity index (χ2n) is 7.68. The van der Waals surface area contributed by atoms with E-state index in [0.29, 0.717) is 11.2 Å². The van der Waals surface area contributed by atoms with Crippen LogP contribution in [0.1, 0.15) is 55.7 Å². The van der Waals surface area contributed by atoms with Gasteiger partial charge < -0.3 is 11.5 Å². The molecule has 0 amide bonds. The minimum absolute atomic E-state index is 0.0737. The SMILES string of the molecule is Cc1ccnc(N)c1C(N)C12CC3CC(CC(C3)C1)C2. The van der Waals surface area contributed by atoms with Crippen LogP contribution in [0.5, 0.6) is 0 Å². The van der Waals surface area contributed by atoms with Crippen LogP contribution in [0.4, 0.5) is 5.82 Å². The van der Waals surface area contributed by atoms with Crippen LogP contribution in [0.25, 0.3) is 0 Å². The molecule has 4 N–H and O–H groups in total. The molecular formula is C17H25N3. The van der Waals surface area contributed by atoms with Gasteiger partial charge in [-0.3, -0.25) is 0 Å². The lowest BCUT2D eigenvalue weighted by atomic mass is 9.47. The van der Waals surface area contributed by atoms with Crippen molar-refractivity contribution >= 4 is 5.82 Å². The number of aryl methyl sites for hydroxylation is 1. The third-order valence-electron chi connectivity index (χ3n) is 6.30. The fourth-order valence-corrected chi connectivity index (χ4v) is 5.86. The van der Waals surface area contributed by atoms with Gasteiger partial charge in [0.2, 0.25) is 0 Å². The normalized spacial score (nSPS) is 40.0. The number of nitrogens with zero attached hydrogens (tertiary/aromatic N) is 1. The molecule has 0 spiro atoms. The van der Waals surface area contributed by atoms with Gasteiger partial charge in [0.15, 0.2) is 0 Å². The van der Waals surface area contributed by atoms with Crippen molar-refractivity contribution in [3.8, 4) is 0 Å². The molecule has 0 radical (unpaired) electrons. The maximum atomic E-state index is 6.78. The highest BCUT2D eigenvalue weighted by atomic mass is 14.9. The van der Waals surface area contributed by atoms with Crippen molar-refractivity contribution in [2.45, 2.75) is 51.5 Å². The molecular weight excluding hydrogens is 246 g/mol. The largest absolute Gasteiger partial charge is 0.383 e. The van der Waals surface area contributed by atoms with Crippen molar-refractivity contribution in [3.63, 3.8) is 0 Å². The van der Waals surface area contributed by atoms with Gasteiger partial charge in [0.1, 0.15) is 5.82 Å². The zero-order valence-corrected chi connectivity index (χ0v) is 12.3. The van der Waals surface area contributed by atoms with E-state index < -0.39 is 0 Å². The molecule has 4 saturated carbocycles. The van der Waals surface area contributed by atoms with Crippen LogP contribution in [0.3, 0.4) is 0 Å². The van der Waals surface area contributed by atoms with E-state index in [9.17, 15) is 0 Å². The van der Waals surface area contributed by atoms with Crippen molar-refractivity contribution in [2.75, 3.05) is 5.73 Å². The Hall–Kier alpha value is -1.09. The highest BCUT2D eigenvalue weighted by Gasteiger charge is 2.54. The van der Waals surface area contributed by atoms with Crippen LogP contribution in [0.2, 0.25) is 0 Å². The predicted molar refractivity (Wildman–Crippen MR) is 80.9 cm³/mol. The summed E-state index contributed by atoms with van der Waals surface area (Å²) in [4.78, 5) is 4.29. The first-order valence-electron chi connectivity index (χ1n) is 8.04. The Bertz CT molecular complexity index is 482. The molecule has 4 bridgehead atoms. The zero-order chi connectivity index (χ0) is 13.9. The summed E-state index contributed by atoms with van der Waals surface area (Å²) in [5.74, 6) is 3.41. The first kappa shape index (κ1) is 12.6. The number of pyridine rings is 1. The van der Waals surface area contributed by atoms with Gasteiger partial charge in [-0.25, -0.2) is 4.98 Å². The van der Waals surface area contributed by atoms with E-state index in [1.807, 2.05) is 6.07 Å². The zero-order valence-electron chi connectivity index (χ0n) is 12.3. The lowest BCUT2D eigenvalue weighted by Crippen LogP contribution is -2.51. The Morgan fingerprint density at radius 1 is 1.15 bits per heavy atom. The highest BCUT2D eigenvalue weighted by molar-refractivity contribution is 5.47. The average Bonchev–Trinajstić information content (AvgIpc) is 2.36. The van der Waals surface area contributed by atoms with Crippen molar-refractivity contribution in [3.05, 3.63) is 23.4 Å². The summed E-state index contributed by atoms with van der Waals surface area (Å²) in [6.45, 7) is 2.12. The minimum atomic E-state index is 0.0737. The van der Waals surface area contributed by atoms with Gasteiger partial charge in [-0.1, -0.05) is 0 Å². The van der Waals surface area contributed by atoms with Crippen molar-refractivity contribution in [1.29, 1.82) is 0 Å². The van der Waals surface area contributed by atoms with Gasteiger partial charge in [-0.2, -0.15) is 0 Å². The molecule has 0 aromatic carbocycles. The molecule has 4 fully saturated rings. The third kappa shape index (κ3) is 1.72. The fourth-order valence-electron chi connectivity index (χ4n) is 5.86. The summed E-state index contributed by atoms with van der Waals surface area (Å²) < 4.78 is 0. The summed E-state index contributed by atoms with van der Waals surface area (Å²) in [7, 11) is 0. The first-order valence-corrected chi connectivity index (χ1v) is 8.04. The first-order chi connectivity index (χ1) is 9.57.